The van der Waals surface area contributed by atoms with Crippen LogP contribution in [0.3, 0.4) is 0 Å². The molecule has 1 N–H and O–H groups in total. The maximum atomic E-state index is 14.0. The summed E-state index contributed by atoms with van der Waals surface area (Å²) in [7, 11) is 0. The van der Waals surface area contributed by atoms with E-state index < -0.39 is 11.8 Å². The topological polar surface area (TPSA) is 53.4 Å². The predicted molar refractivity (Wildman–Crippen MR) is 78.0 cm³/mol. The van der Waals surface area contributed by atoms with E-state index in [1.54, 1.807) is 30.5 Å². The summed E-state index contributed by atoms with van der Waals surface area (Å²) in [5.41, 5.74) is 0.736. The van der Waals surface area contributed by atoms with Gasteiger partial charge in [0.05, 0.1) is 0 Å². The molecule has 0 saturated carbocycles. The Morgan fingerprint density at radius 2 is 1.86 bits per heavy atom. The lowest BCUT2D eigenvalue weighted by Crippen LogP contribution is -2.22. The van der Waals surface area contributed by atoms with Gasteiger partial charge in [-0.1, -0.05) is 18.2 Å². The molecule has 0 bridgehead atoms. The quantitative estimate of drug-likeness (QED) is 0.941. The van der Waals surface area contributed by atoms with Crippen molar-refractivity contribution in [1.82, 2.24) is 4.98 Å². The molecular formula is C16H15FN2O2. The number of benzene rings is 1. The number of carbonyl (C=O) groups is 1. The second-order valence-electron chi connectivity index (χ2n) is 5.04. The second-order valence-corrected chi connectivity index (χ2v) is 5.04. The number of hydrogen-bond acceptors (Lipinski definition) is 3. The molecular weight excluding hydrogens is 271 g/mol. The molecule has 3 rings (SSSR count). The zero-order valence-electron chi connectivity index (χ0n) is 11.4. The first kappa shape index (κ1) is 13.5. The van der Waals surface area contributed by atoms with Gasteiger partial charge in [0, 0.05) is 30.4 Å². The van der Waals surface area contributed by atoms with Crippen molar-refractivity contribution in [3.05, 3.63) is 47.9 Å². The lowest BCUT2D eigenvalue weighted by molar-refractivity contribution is 0.0698. The molecule has 0 amide bonds. The average molecular weight is 286 g/mol. The third-order valence-corrected chi connectivity index (χ3v) is 3.71. The van der Waals surface area contributed by atoms with Crippen LogP contribution < -0.4 is 4.90 Å². The number of halogens is 1. The number of hydrogen-bond donors (Lipinski definition) is 1. The Balaban J connectivity index is 2.19. The number of rotatable bonds is 3. The fourth-order valence-corrected chi connectivity index (χ4v) is 2.73. The highest BCUT2D eigenvalue weighted by atomic mass is 19.1. The van der Waals surface area contributed by atoms with E-state index >= 15 is 0 Å². The number of carboxylic acids is 1. The first-order chi connectivity index (χ1) is 10.2. The van der Waals surface area contributed by atoms with Gasteiger partial charge in [-0.05, 0) is 25.0 Å². The smallest absolute Gasteiger partial charge is 0.340 e. The van der Waals surface area contributed by atoms with Crippen molar-refractivity contribution >= 4 is 11.8 Å². The van der Waals surface area contributed by atoms with Crippen LogP contribution in [0, 0.1) is 5.82 Å². The molecule has 2 aromatic rings. The molecule has 0 radical (unpaired) electrons. The largest absolute Gasteiger partial charge is 0.478 e. The van der Waals surface area contributed by atoms with Crippen LogP contribution in [0.2, 0.25) is 0 Å². The average Bonchev–Trinajstić information content (AvgIpc) is 3.01. The summed E-state index contributed by atoms with van der Waals surface area (Å²) >= 11 is 0. The molecule has 0 spiro atoms. The van der Waals surface area contributed by atoms with Gasteiger partial charge in [-0.15, -0.1) is 0 Å². The van der Waals surface area contributed by atoms with Gasteiger partial charge < -0.3 is 10.0 Å². The third-order valence-electron chi connectivity index (χ3n) is 3.71. The molecule has 1 aliphatic heterocycles. The van der Waals surface area contributed by atoms with Crippen LogP contribution in [0.15, 0.2) is 36.5 Å². The number of carboxylic acid groups (broad SMARTS) is 1. The molecule has 1 fully saturated rings. The highest BCUT2D eigenvalue weighted by Gasteiger charge is 2.24. The van der Waals surface area contributed by atoms with E-state index in [1.165, 1.54) is 6.07 Å². The van der Waals surface area contributed by atoms with Gasteiger partial charge in [0.1, 0.15) is 17.2 Å². The van der Waals surface area contributed by atoms with Crippen LogP contribution in [0.1, 0.15) is 23.2 Å². The number of aromatic nitrogens is 1. The lowest BCUT2D eigenvalue weighted by atomic mass is 10.00. The molecule has 1 aromatic carbocycles. The van der Waals surface area contributed by atoms with E-state index in [1.807, 2.05) is 4.90 Å². The number of pyridine rings is 1. The highest BCUT2D eigenvalue weighted by Crippen LogP contribution is 2.32. The molecule has 108 valence electrons. The van der Waals surface area contributed by atoms with Crippen molar-refractivity contribution in [3.8, 4) is 11.1 Å². The maximum Gasteiger partial charge on any atom is 0.340 e. The molecule has 4 nitrogen and oxygen atoms in total. The Labute approximate surface area is 121 Å². The number of aromatic carboxylic acids is 1. The fraction of sp³-hybridized carbons (Fsp3) is 0.250. The normalized spacial score (nSPS) is 14.4. The molecule has 21 heavy (non-hydrogen) atoms. The van der Waals surface area contributed by atoms with Gasteiger partial charge in [-0.3, -0.25) is 0 Å². The van der Waals surface area contributed by atoms with Crippen molar-refractivity contribution in [2.45, 2.75) is 12.8 Å². The fourth-order valence-electron chi connectivity index (χ4n) is 2.73. The maximum absolute atomic E-state index is 14.0. The minimum absolute atomic E-state index is 0.0736. The first-order valence-corrected chi connectivity index (χ1v) is 6.90. The van der Waals surface area contributed by atoms with Crippen molar-refractivity contribution in [3.63, 3.8) is 0 Å². The van der Waals surface area contributed by atoms with Crippen molar-refractivity contribution in [2.24, 2.45) is 0 Å². The van der Waals surface area contributed by atoms with Gasteiger partial charge in [-0.2, -0.15) is 0 Å². The summed E-state index contributed by atoms with van der Waals surface area (Å²) in [6, 6.07) is 7.76. The standard InChI is InChI=1S/C16H15FN2O2/c17-13-6-2-1-5-11(13)12-7-8-18-15(14(12)16(20)21)19-9-3-4-10-19/h1-2,5-8H,3-4,9-10H2,(H,20,21). The van der Waals surface area contributed by atoms with Crippen LogP contribution in [-0.2, 0) is 0 Å². The Morgan fingerprint density at radius 3 is 2.52 bits per heavy atom. The Bertz CT molecular complexity index is 682. The molecule has 2 heterocycles. The van der Waals surface area contributed by atoms with E-state index in [-0.39, 0.29) is 11.1 Å². The Kier molecular flexibility index (Phi) is 3.56. The summed E-state index contributed by atoms with van der Waals surface area (Å²) in [5, 5.41) is 9.57. The molecule has 0 unspecified atom stereocenters. The van der Waals surface area contributed by atoms with Crippen molar-refractivity contribution < 1.29 is 14.3 Å². The summed E-state index contributed by atoms with van der Waals surface area (Å²) in [4.78, 5) is 17.9. The Morgan fingerprint density at radius 1 is 1.14 bits per heavy atom. The van der Waals surface area contributed by atoms with Gasteiger partial charge in [0.2, 0.25) is 0 Å². The molecule has 1 aliphatic rings. The predicted octanol–water partition coefficient (Wildman–Crippen LogP) is 3.19. The van der Waals surface area contributed by atoms with Crippen LogP contribution in [0.4, 0.5) is 10.2 Å². The lowest BCUT2D eigenvalue weighted by Gasteiger charge is -2.20. The molecule has 0 atom stereocenters. The van der Waals surface area contributed by atoms with Gasteiger partial charge in [-0.25, -0.2) is 14.2 Å². The van der Waals surface area contributed by atoms with Crippen molar-refractivity contribution in [2.75, 3.05) is 18.0 Å². The summed E-state index contributed by atoms with van der Waals surface area (Å²) < 4.78 is 14.0. The van der Waals surface area contributed by atoms with Gasteiger partial charge in [0.15, 0.2) is 0 Å². The number of nitrogens with zero attached hydrogens (tertiary/aromatic N) is 2. The molecule has 1 saturated heterocycles. The molecule has 1 aromatic heterocycles. The zero-order chi connectivity index (χ0) is 14.8. The molecule has 5 heteroatoms. The molecule has 0 aliphatic carbocycles. The third kappa shape index (κ3) is 2.46. The van der Waals surface area contributed by atoms with E-state index in [9.17, 15) is 14.3 Å². The minimum Gasteiger partial charge on any atom is -0.478 e. The van der Waals surface area contributed by atoms with E-state index in [0.717, 1.165) is 25.9 Å². The second kappa shape index (κ2) is 5.52. The van der Waals surface area contributed by atoms with Gasteiger partial charge >= 0.3 is 5.97 Å². The van der Waals surface area contributed by atoms with Gasteiger partial charge in [0.25, 0.3) is 0 Å². The number of anilines is 1. The SMILES string of the molecule is O=C(O)c1c(-c2ccccc2F)ccnc1N1CCCC1. The summed E-state index contributed by atoms with van der Waals surface area (Å²) in [5.74, 6) is -1.08. The van der Waals surface area contributed by atoms with Crippen LogP contribution in [-0.4, -0.2) is 29.1 Å². The van der Waals surface area contributed by atoms with E-state index in [2.05, 4.69) is 4.98 Å². The first-order valence-electron chi connectivity index (χ1n) is 6.90. The van der Waals surface area contributed by atoms with E-state index in [0.29, 0.717) is 11.4 Å². The summed E-state index contributed by atoms with van der Waals surface area (Å²) in [6.07, 6.45) is 3.58. The van der Waals surface area contributed by atoms with Crippen molar-refractivity contribution in [1.29, 1.82) is 0 Å². The van der Waals surface area contributed by atoms with E-state index in [4.69, 9.17) is 0 Å². The van der Waals surface area contributed by atoms with Crippen LogP contribution in [0.5, 0.6) is 0 Å². The highest BCUT2D eigenvalue weighted by molar-refractivity contribution is 6.01. The minimum atomic E-state index is -1.08. The monoisotopic (exact) mass is 286 g/mol. The van der Waals surface area contributed by atoms with Crippen LogP contribution >= 0.6 is 0 Å². The zero-order valence-corrected chi connectivity index (χ0v) is 11.4. The Hall–Kier alpha value is -2.43. The van der Waals surface area contributed by atoms with Crippen LogP contribution in [0.25, 0.3) is 11.1 Å². The summed E-state index contributed by atoms with van der Waals surface area (Å²) in [6.45, 7) is 1.57.